The average Bonchev–Trinajstić information content (AvgIpc) is 1.62. The molecule has 0 bridgehead atoms. The van der Waals surface area contributed by atoms with Crippen molar-refractivity contribution in [3.63, 3.8) is 0 Å². The number of pyridine rings is 5. The first kappa shape index (κ1) is 51.5. The summed E-state index contributed by atoms with van der Waals surface area (Å²) in [5, 5.41) is 15.5. The molecule has 16 aromatic rings. The number of rotatable bonds is 11. The van der Waals surface area contributed by atoms with E-state index in [1.165, 1.54) is 0 Å². The molecule has 9 aromatic carbocycles. The van der Waals surface area contributed by atoms with Gasteiger partial charge in [-0.3, -0.25) is 24.9 Å². The van der Waals surface area contributed by atoms with Gasteiger partial charge < -0.3 is 9.13 Å². The number of nitrogens with zero attached hydrogens (tertiary/aromatic N) is 8. The van der Waals surface area contributed by atoms with Gasteiger partial charge in [0.1, 0.15) is 0 Å². The summed E-state index contributed by atoms with van der Waals surface area (Å²) in [7, 11) is 0. The van der Waals surface area contributed by atoms with Crippen LogP contribution in [0.1, 0.15) is 5.56 Å². The molecule has 0 aliphatic carbocycles. The Hall–Kier alpha value is -12.2. The van der Waals surface area contributed by atoms with Crippen LogP contribution in [0.25, 0.3) is 156 Å². The van der Waals surface area contributed by atoms with Crippen molar-refractivity contribution in [3.8, 4) is 118 Å². The Kier molecular flexibility index (Phi) is 12.7. The summed E-state index contributed by atoms with van der Waals surface area (Å²) in [6.07, 6.45) is 11.4. The highest BCUT2D eigenvalue weighted by molar-refractivity contribution is 6.14. The molecular weight excluding hydrogens is 1070 g/mol. The van der Waals surface area contributed by atoms with Crippen molar-refractivity contribution >= 4 is 43.6 Å². The van der Waals surface area contributed by atoms with Crippen LogP contribution < -0.4 is 0 Å². The molecule has 410 valence electrons. The largest absolute Gasteiger partial charge is 0.307 e. The van der Waals surface area contributed by atoms with Gasteiger partial charge in [0.05, 0.1) is 80.2 Å². The Morgan fingerprint density at radius 1 is 0.273 bits per heavy atom. The first-order valence-corrected chi connectivity index (χ1v) is 29.3. The molecule has 0 fully saturated rings. The molecule has 8 heteroatoms. The number of hydrogen-bond acceptors (Lipinski definition) is 6. The van der Waals surface area contributed by atoms with E-state index in [0.717, 1.165) is 156 Å². The second-order valence-corrected chi connectivity index (χ2v) is 21.9. The smallest absolute Gasteiger partial charge is 0.0998 e. The van der Waals surface area contributed by atoms with Gasteiger partial charge in [-0.1, -0.05) is 212 Å². The molecule has 7 heterocycles. The van der Waals surface area contributed by atoms with Gasteiger partial charge in [0.25, 0.3) is 0 Å². The van der Waals surface area contributed by atoms with Gasteiger partial charge in [-0.15, -0.1) is 0 Å². The van der Waals surface area contributed by atoms with E-state index in [0.29, 0.717) is 5.56 Å². The zero-order chi connectivity index (χ0) is 58.5. The van der Waals surface area contributed by atoms with Crippen molar-refractivity contribution < 1.29 is 0 Å². The second kappa shape index (κ2) is 21.8. The maximum absolute atomic E-state index is 11.3. The van der Waals surface area contributed by atoms with Crippen molar-refractivity contribution in [3.05, 3.63) is 310 Å². The van der Waals surface area contributed by atoms with E-state index in [4.69, 9.17) is 24.9 Å². The van der Waals surface area contributed by atoms with Gasteiger partial charge >= 0.3 is 0 Å². The Balaban J connectivity index is 1.03. The number of hydrogen-bond donors (Lipinski definition) is 0. The molecule has 0 radical (unpaired) electrons. The molecular formula is C80H50N8. The predicted octanol–water partition coefficient (Wildman–Crippen LogP) is 19.7. The summed E-state index contributed by atoms with van der Waals surface area (Å²) in [4.78, 5) is 25.3. The van der Waals surface area contributed by atoms with Crippen LogP contribution in [-0.4, -0.2) is 34.1 Å². The van der Waals surface area contributed by atoms with Crippen molar-refractivity contribution in [1.29, 1.82) is 5.26 Å². The fraction of sp³-hybridized carbons (Fsp3) is 0. The fourth-order valence-electron chi connectivity index (χ4n) is 12.9. The Morgan fingerprint density at radius 2 is 0.557 bits per heavy atom. The van der Waals surface area contributed by atoms with Crippen molar-refractivity contribution in [1.82, 2.24) is 34.1 Å². The van der Waals surface area contributed by atoms with Crippen molar-refractivity contribution in [2.45, 2.75) is 0 Å². The first-order chi connectivity index (χ1) is 43.6. The van der Waals surface area contributed by atoms with Crippen molar-refractivity contribution in [2.24, 2.45) is 0 Å². The number of benzene rings is 9. The lowest BCUT2D eigenvalue weighted by Gasteiger charge is -2.21. The Morgan fingerprint density at radius 3 is 0.864 bits per heavy atom. The summed E-state index contributed by atoms with van der Waals surface area (Å²) < 4.78 is 4.73. The van der Waals surface area contributed by atoms with E-state index in [9.17, 15) is 5.26 Å². The Bertz CT molecular complexity index is 4810. The monoisotopic (exact) mass is 1120 g/mol. The molecule has 0 spiro atoms. The molecule has 8 nitrogen and oxygen atoms in total. The minimum atomic E-state index is 0.525. The number of fused-ring (bicyclic) bond motifs is 6. The summed E-state index contributed by atoms with van der Waals surface area (Å²) in [5.74, 6) is 0. The van der Waals surface area contributed by atoms with Crippen molar-refractivity contribution in [2.75, 3.05) is 0 Å². The lowest BCUT2D eigenvalue weighted by atomic mass is 9.97. The highest BCUT2D eigenvalue weighted by Gasteiger charge is 2.26. The summed E-state index contributed by atoms with van der Waals surface area (Å²) in [6.45, 7) is 0. The van der Waals surface area contributed by atoms with E-state index < -0.39 is 0 Å². The minimum Gasteiger partial charge on any atom is -0.307 e. The first-order valence-electron chi connectivity index (χ1n) is 29.3. The van der Waals surface area contributed by atoms with Crippen LogP contribution >= 0.6 is 0 Å². The zero-order valence-corrected chi connectivity index (χ0v) is 47.4. The van der Waals surface area contributed by atoms with Gasteiger partial charge in [-0.05, 0) is 76.9 Å². The molecule has 0 unspecified atom stereocenters. The predicted molar refractivity (Wildman–Crippen MR) is 358 cm³/mol. The van der Waals surface area contributed by atoms with Gasteiger partial charge in [-0.25, -0.2) is 0 Å². The quantitative estimate of drug-likeness (QED) is 0.128. The lowest BCUT2D eigenvalue weighted by Crippen LogP contribution is -2.06. The number of nitriles is 1. The van der Waals surface area contributed by atoms with Crippen LogP contribution in [0.2, 0.25) is 0 Å². The van der Waals surface area contributed by atoms with Gasteiger partial charge in [-0.2, -0.15) is 5.26 Å². The van der Waals surface area contributed by atoms with Crippen LogP contribution in [0.4, 0.5) is 0 Å². The zero-order valence-electron chi connectivity index (χ0n) is 47.4. The van der Waals surface area contributed by atoms with Gasteiger partial charge in [0.15, 0.2) is 0 Å². The third-order valence-electron chi connectivity index (χ3n) is 16.9. The molecule has 0 saturated heterocycles. The van der Waals surface area contributed by atoms with Gasteiger partial charge in [0.2, 0.25) is 0 Å². The van der Waals surface area contributed by atoms with Crippen LogP contribution in [-0.2, 0) is 0 Å². The van der Waals surface area contributed by atoms with E-state index >= 15 is 0 Å². The molecule has 0 atom stereocenters. The van der Waals surface area contributed by atoms with E-state index in [2.05, 4.69) is 215 Å². The molecule has 0 saturated carbocycles. The molecule has 0 N–H and O–H groups in total. The average molecular weight is 1120 g/mol. The Labute approximate surface area is 507 Å². The standard InChI is InChI=1S/C80H50N8/c81-49-60-27-13-14-28-61(60)76-74(87-70-45-56(62-29-15-41-83-77(62)52-19-5-1-6-20-52)33-37-66(70)67-38-34-57(46-71(67)87)63-30-16-42-84-78(63)53-21-7-2-8-22-53)50-82-51-75(76)88-72-47-58(64-31-17-43-85-79(64)54-23-9-3-10-24-54)35-39-68(72)69-40-36-59(48-73(69)88)65-32-18-44-86-80(65)55-25-11-4-12-26-55/h1-48,50-51H. The maximum Gasteiger partial charge on any atom is 0.0998 e. The van der Waals surface area contributed by atoms with E-state index in [1.54, 1.807) is 0 Å². The SMILES string of the molecule is N#Cc1ccccc1-c1c(-n2c3cc(-c4cccnc4-c4ccccc4)ccc3c3ccc(-c4cccnc4-c4ccccc4)cc32)cncc1-n1c2cc(-c3cccnc3-c3ccccc3)ccc2c2ccc(-c3cccnc3-c3ccccc3)cc21. The van der Waals surface area contributed by atoms with E-state index in [1.807, 2.05) is 104 Å². The fourth-order valence-corrected chi connectivity index (χ4v) is 12.9. The summed E-state index contributed by atoms with van der Waals surface area (Å²) in [5.41, 5.74) is 23.2. The van der Waals surface area contributed by atoms with Crippen LogP contribution in [0.15, 0.2) is 304 Å². The minimum absolute atomic E-state index is 0.525. The van der Waals surface area contributed by atoms with Crippen LogP contribution in [0.5, 0.6) is 0 Å². The molecule has 0 aliphatic rings. The third-order valence-corrected chi connectivity index (χ3v) is 16.9. The van der Waals surface area contributed by atoms with E-state index in [-0.39, 0.29) is 0 Å². The molecule has 7 aromatic heterocycles. The van der Waals surface area contributed by atoms with Crippen LogP contribution in [0.3, 0.4) is 0 Å². The highest BCUT2D eigenvalue weighted by Crippen LogP contribution is 2.47. The lowest BCUT2D eigenvalue weighted by molar-refractivity contribution is 1.09. The molecule has 16 rings (SSSR count). The third kappa shape index (κ3) is 8.81. The number of aromatic nitrogens is 7. The summed E-state index contributed by atoms with van der Waals surface area (Å²) >= 11 is 0. The molecule has 0 amide bonds. The molecule has 0 aliphatic heterocycles. The maximum atomic E-state index is 11.3. The van der Waals surface area contributed by atoms with Gasteiger partial charge in [0, 0.05) is 102 Å². The highest BCUT2D eigenvalue weighted by atomic mass is 15.0. The summed E-state index contributed by atoms with van der Waals surface area (Å²) in [6, 6.07) is 95.6. The van der Waals surface area contributed by atoms with Crippen LogP contribution in [0, 0.1) is 11.3 Å². The normalized spacial score (nSPS) is 11.4. The topological polar surface area (TPSA) is 98.1 Å². The second-order valence-electron chi connectivity index (χ2n) is 21.9. The molecule has 88 heavy (non-hydrogen) atoms.